The zero-order valence-corrected chi connectivity index (χ0v) is 15.0. The highest BCUT2D eigenvalue weighted by molar-refractivity contribution is 5.69. The summed E-state index contributed by atoms with van der Waals surface area (Å²) in [6.07, 6.45) is 2.62. The molecule has 1 heterocycles. The summed E-state index contributed by atoms with van der Waals surface area (Å²) in [7, 11) is 0. The van der Waals surface area contributed by atoms with Crippen LogP contribution in [0.15, 0.2) is 30.3 Å². The first-order valence-corrected chi connectivity index (χ1v) is 8.91. The van der Waals surface area contributed by atoms with Gasteiger partial charge in [0, 0.05) is 19.0 Å². The molecule has 1 aromatic rings. The molecule has 0 amide bonds. The molecule has 0 saturated carbocycles. The molecular formula is C20H31NO2. The van der Waals surface area contributed by atoms with Gasteiger partial charge in [0.2, 0.25) is 0 Å². The number of hydrogen-bond donors (Lipinski definition) is 0. The van der Waals surface area contributed by atoms with Crippen LogP contribution in [0.2, 0.25) is 0 Å². The van der Waals surface area contributed by atoms with Gasteiger partial charge in [0.15, 0.2) is 0 Å². The van der Waals surface area contributed by atoms with Gasteiger partial charge in [-0.05, 0) is 50.1 Å². The molecule has 23 heavy (non-hydrogen) atoms. The number of piperidine rings is 1. The first-order chi connectivity index (χ1) is 11.0. The van der Waals surface area contributed by atoms with E-state index in [9.17, 15) is 4.79 Å². The van der Waals surface area contributed by atoms with E-state index in [-0.39, 0.29) is 11.4 Å². The van der Waals surface area contributed by atoms with Crippen molar-refractivity contribution in [3.8, 4) is 0 Å². The molecule has 1 fully saturated rings. The van der Waals surface area contributed by atoms with E-state index >= 15 is 0 Å². The van der Waals surface area contributed by atoms with Gasteiger partial charge in [0.1, 0.15) is 0 Å². The van der Waals surface area contributed by atoms with Gasteiger partial charge < -0.3 is 4.74 Å². The second-order valence-electron chi connectivity index (χ2n) is 7.13. The lowest BCUT2D eigenvalue weighted by Gasteiger charge is -2.51. The first kappa shape index (κ1) is 18.0. The van der Waals surface area contributed by atoms with Crippen LogP contribution < -0.4 is 0 Å². The summed E-state index contributed by atoms with van der Waals surface area (Å²) in [6.45, 7) is 11.5. The molecule has 3 unspecified atom stereocenters. The SMILES string of the molecule is CCOC(=O)CCC1(C)C(C)CCN(Cc2ccccc2)C1C. The van der Waals surface area contributed by atoms with Gasteiger partial charge in [-0.1, -0.05) is 44.2 Å². The molecule has 0 spiro atoms. The number of carbonyl (C=O) groups excluding carboxylic acids is 1. The average molecular weight is 317 g/mol. The lowest BCUT2D eigenvalue weighted by Crippen LogP contribution is -2.53. The summed E-state index contributed by atoms with van der Waals surface area (Å²) < 4.78 is 5.12. The maximum absolute atomic E-state index is 11.8. The molecule has 0 aromatic heterocycles. The van der Waals surface area contributed by atoms with Crippen molar-refractivity contribution in [2.24, 2.45) is 11.3 Å². The highest BCUT2D eigenvalue weighted by Crippen LogP contribution is 2.44. The Balaban J connectivity index is 2.03. The van der Waals surface area contributed by atoms with Crippen molar-refractivity contribution in [2.75, 3.05) is 13.2 Å². The molecule has 0 radical (unpaired) electrons. The van der Waals surface area contributed by atoms with Crippen LogP contribution in [0.3, 0.4) is 0 Å². The molecule has 2 rings (SSSR count). The van der Waals surface area contributed by atoms with Crippen molar-refractivity contribution < 1.29 is 9.53 Å². The number of benzene rings is 1. The normalized spacial score (nSPS) is 28.5. The number of esters is 1. The minimum absolute atomic E-state index is 0.0618. The van der Waals surface area contributed by atoms with E-state index in [1.807, 2.05) is 6.92 Å². The fraction of sp³-hybridized carbons (Fsp3) is 0.650. The first-order valence-electron chi connectivity index (χ1n) is 8.91. The smallest absolute Gasteiger partial charge is 0.305 e. The Morgan fingerprint density at radius 2 is 2.00 bits per heavy atom. The molecule has 1 aliphatic rings. The number of rotatable bonds is 6. The molecule has 3 nitrogen and oxygen atoms in total. The Hall–Kier alpha value is -1.35. The number of hydrogen-bond acceptors (Lipinski definition) is 3. The Bertz CT molecular complexity index is 502. The van der Waals surface area contributed by atoms with Crippen LogP contribution in [0.5, 0.6) is 0 Å². The molecule has 3 heteroatoms. The third-order valence-electron chi connectivity index (χ3n) is 5.88. The number of carbonyl (C=O) groups is 1. The topological polar surface area (TPSA) is 29.5 Å². The molecule has 0 aliphatic carbocycles. The van der Waals surface area contributed by atoms with E-state index in [1.165, 1.54) is 12.0 Å². The van der Waals surface area contributed by atoms with Crippen LogP contribution in [0, 0.1) is 11.3 Å². The molecule has 3 atom stereocenters. The maximum Gasteiger partial charge on any atom is 0.305 e. The van der Waals surface area contributed by atoms with E-state index in [4.69, 9.17) is 4.74 Å². The lowest BCUT2D eigenvalue weighted by molar-refractivity contribution is -0.144. The van der Waals surface area contributed by atoms with Gasteiger partial charge in [0.25, 0.3) is 0 Å². The van der Waals surface area contributed by atoms with E-state index in [2.05, 4.69) is 56.0 Å². The van der Waals surface area contributed by atoms with Crippen molar-refractivity contribution in [3.63, 3.8) is 0 Å². The quantitative estimate of drug-likeness (QED) is 0.734. The Labute approximate surface area is 141 Å². The zero-order valence-electron chi connectivity index (χ0n) is 15.0. The molecular weight excluding hydrogens is 286 g/mol. The Morgan fingerprint density at radius 3 is 2.65 bits per heavy atom. The van der Waals surface area contributed by atoms with E-state index in [0.29, 0.717) is 25.0 Å². The van der Waals surface area contributed by atoms with E-state index in [0.717, 1.165) is 19.5 Å². The maximum atomic E-state index is 11.8. The number of ether oxygens (including phenoxy) is 1. The largest absolute Gasteiger partial charge is 0.466 e. The minimum Gasteiger partial charge on any atom is -0.466 e. The van der Waals surface area contributed by atoms with E-state index < -0.39 is 0 Å². The van der Waals surface area contributed by atoms with Crippen LogP contribution in [0.4, 0.5) is 0 Å². The second kappa shape index (κ2) is 7.96. The van der Waals surface area contributed by atoms with Gasteiger partial charge >= 0.3 is 5.97 Å². The van der Waals surface area contributed by atoms with Crippen LogP contribution in [-0.4, -0.2) is 30.1 Å². The second-order valence-corrected chi connectivity index (χ2v) is 7.13. The van der Waals surface area contributed by atoms with Crippen molar-refractivity contribution in [1.82, 2.24) is 4.90 Å². The van der Waals surface area contributed by atoms with Crippen molar-refractivity contribution in [3.05, 3.63) is 35.9 Å². The standard InChI is InChI=1S/C20H31NO2/c1-5-23-19(22)11-13-20(4)16(2)12-14-21(17(20)3)15-18-9-7-6-8-10-18/h6-10,16-17H,5,11-15H2,1-4H3. The number of likely N-dealkylation sites (tertiary alicyclic amines) is 1. The molecule has 1 saturated heterocycles. The van der Waals surface area contributed by atoms with Crippen molar-refractivity contribution >= 4 is 5.97 Å². The van der Waals surface area contributed by atoms with Gasteiger partial charge in [-0.2, -0.15) is 0 Å². The monoisotopic (exact) mass is 317 g/mol. The summed E-state index contributed by atoms with van der Waals surface area (Å²) >= 11 is 0. The highest BCUT2D eigenvalue weighted by Gasteiger charge is 2.43. The average Bonchev–Trinajstić information content (AvgIpc) is 2.55. The zero-order chi connectivity index (χ0) is 16.9. The predicted octanol–water partition coefficient (Wildman–Crippen LogP) is 4.27. The number of nitrogens with zero attached hydrogens (tertiary/aromatic N) is 1. The van der Waals surface area contributed by atoms with Crippen LogP contribution in [-0.2, 0) is 16.1 Å². The van der Waals surface area contributed by atoms with Crippen molar-refractivity contribution in [1.29, 1.82) is 0 Å². The van der Waals surface area contributed by atoms with Crippen molar-refractivity contribution in [2.45, 2.75) is 59.5 Å². The molecule has 1 aromatic carbocycles. The fourth-order valence-electron chi connectivity index (χ4n) is 3.81. The van der Waals surface area contributed by atoms with Crippen LogP contribution >= 0.6 is 0 Å². The molecule has 1 aliphatic heterocycles. The lowest BCUT2D eigenvalue weighted by atomic mass is 9.65. The summed E-state index contributed by atoms with van der Waals surface area (Å²) in [4.78, 5) is 14.3. The molecule has 0 bridgehead atoms. The summed E-state index contributed by atoms with van der Waals surface area (Å²) in [5, 5.41) is 0. The Morgan fingerprint density at radius 1 is 1.30 bits per heavy atom. The van der Waals surface area contributed by atoms with Gasteiger partial charge in [-0.25, -0.2) is 0 Å². The fourth-order valence-corrected chi connectivity index (χ4v) is 3.81. The van der Waals surface area contributed by atoms with Gasteiger partial charge in [-0.3, -0.25) is 9.69 Å². The minimum atomic E-state index is -0.0618. The molecule has 0 N–H and O–H groups in total. The molecule has 128 valence electrons. The van der Waals surface area contributed by atoms with Crippen LogP contribution in [0.25, 0.3) is 0 Å². The van der Waals surface area contributed by atoms with E-state index in [1.54, 1.807) is 0 Å². The Kier molecular flexibility index (Phi) is 6.23. The predicted molar refractivity (Wildman–Crippen MR) is 94.1 cm³/mol. The summed E-state index contributed by atoms with van der Waals surface area (Å²) in [5.74, 6) is 0.562. The summed E-state index contributed by atoms with van der Waals surface area (Å²) in [6, 6.07) is 11.1. The van der Waals surface area contributed by atoms with Gasteiger partial charge in [-0.15, -0.1) is 0 Å². The third kappa shape index (κ3) is 4.35. The highest BCUT2D eigenvalue weighted by atomic mass is 16.5. The van der Waals surface area contributed by atoms with Gasteiger partial charge in [0.05, 0.1) is 6.61 Å². The summed E-state index contributed by atoms with van der Waals surface area (Å²) in [5.41, 5.74) is 1.52. The van der Waals surface area contributed by atoms with Crippen LogP contribution in [0.1, 0.15) is 52.5 Å². The third-order valence-corrected chi connectivity index (χ3v) is 5.88.